The average Bonchev–Trinajstić information content (AvgIpc) is 2.93. The van der Waals surface area contributed by atoms with Crippen LogP contribution in [0.5, 0.6) is 0 Å². The van der Waals surface area contributed by atoms with Crippen molar-refractivity contribution in [2.45, 2.75) is 23.1 Å². The first-order valence-corrected chi connectivity index (χ1v) is 9.04. The van der Waals surface area contributed by atoms with Gasteiger partial charge in [-0.05, 0) is 51.3 Å². The molecule has 2 aromatic rings. The van der Waals surface area contributed by atoms with Crippen molar-refractivity contribution in [3.05, 3.63) is 51.3 Å². The van der Waals surface area contributed by atoms with Crippen LogP contribution in [0.15, 0.2) is 44.4 Å². The van der Waals surface area contributed by atoms with Crippen molar-refractivity contribution in [2.75, 3.05) is 0 Å². The lowest BCUT2D eigenvalue weighted by Gasteiger charge is -2.11. The standard InChI is InChI=1S/C13H12BrNO2S2/c14-12-5-6-18-13(12)19(16,17)15-11-7-9-3-1-2-4-10(9)8-11/h1-6,11,15H,7-8H2. The Bertz CT molecular complexity index is 684. The van der Waals surface area contributed by atoms with Gasteiger partial charge in [-0.3, -0.25) is 0 Å². The Kier molecular flexibility index (Phi) is 3.51. The van der Waals surface area contributed by atoms with E-state index in [1.54, 1.807) is 11.4 Å². The normalized spacial score (nSPS) is 15.6. The van der Waals surface area contributed by atoms with E-state index >= 15 is 0 Å². The van der Waals surface area contributed by atoms with Crippen LogP contribution in [0.4, 0.5) is 0 Å². The maximum Gasteiger partial charge on any atom is 0.251 e. The molecule has 3 nitrogen and oxygen atoms in total. The molecule has 1 aromatic heterocycles. The van der Waals surface area contributed by atoms with Gasteiger partial charge >= 0.3 is 0 Å². The average molecular weight is 358 g/mol. The molecule has 0 unspecified atom stereocenters. The summed E-state index contributed by atoms with van der Waals surface area (Å²) in [6, 6.07) is 9.81. The molecule has 1 aromatic carbocycles. The van der Waals surface area contributed by atoms with Gasteiger partial charge in [-0.15, -0.1) is 11.3 Å². The van der Waals surface area contributed by atoms with Crippen LogP contribution in [0, 0.1) is 0 Å². The molecule has 0 spiro atoms. The fraction of sp³-hybridized carbons (Fsp3) is 0.231. The molecule has 1 aliphatic carbocycles. The molecule has 1 heterocycles. The number of benzene rings is 1. The molecule has 0 aliphatic heterocycles. The van der Waals surface area contributed by atoms with Gasteiger partial charge in [0.05, 0.1) is 0 Å². The maximum absolute atomic E-state index is 12.3. The molecule has 0 atom stereocenters. The molecular weight excluding hydrogens is 346 g/mol. The molecule has 19 heavy (non-hydrogen) atoms. The molecule has 0 saturated carbocycles. The predicted molar refractivity (Wildman–Crippen MR) is 80.0 cm³/mol. The maximum atomic E-state index is 12.3. The van der Waals surface area contributed by atoms with Crippen molar-refractivity contribution in [1.29, 1.82) is 0 Å². The summed E-state index contributed by atoms with van der Waals surface area (Å²) in [5.41, 5.74) is 2.47. The molecule has 0 radical (unpaired) electrons. The smallest absolute Gasteiger partial charge is 0.207 e. The number of rotatable bonds is 3. The van der Waals surface area contributed by atoms with E-state index in [0.29, 0.717) is 8.68 Å². The summed E-state index contributed by atoms with van der Waals surface area (Å²) in [6.45, 7) is 0. The highest BCUT2D eigenvalue weighted by atomic mass is 79.9. The Labute approximate surface area is 124 Å². The minimum absolute atomic E-state index is 0.0450. The van der Waals surface area contributed by atoms with Crippen LogP contribution in [-0.4, -0.2) is 14.5 Å². The molecular formula is C13H12BrNO2S2. The van der Waals surface area contributed by atoms with Gasteiger partial charge in [0.15, 0.2) is 0 Å². The van der Waals surface area contributed by atoms with E-state index in [2.05, 4.69) is 32.8 Å². The zero-order valence-electron chi connectivity index (χ0n) is 9.97. The van der Waals surface area contributed by atoms with Crippen LogP contribution in [-0.2, 0) is 22.9 Å². The lowest BCUT2D eigenvalue weighted by molar-refractivity contribution is 0.557. The van der Waals surface area contributed by atoms with E-state index in [1.807, 2.05) is 12.1 Å². The summed E-state index contributed by atoms with van der Waals surface area (Å²) in [6.07, 6.45) is 1.52. The van der Waals surface area contributed by atoms with E-state index in [0.717, 1.165) is 12.8 Å². The number of fused-ring (bicyclic) bond motifs is 1. The Hall–Kier alpha value is -0.690. The SMILES string of the molecule is O=S(=O)(NC1Cc2ccccc2C1)c1sccc1Br. The van der Waals surface area contributed by atoms with E-state index < -0.39 is 10.0 Å². The molecule has 0 saturated heterocycles. The number of nitrogens with one attached hydrogen (secondary N) is 1. The number of sulfonamides is 1. The van der Waals surface area contributed by atoms with Gasteiger partial charge in [-0.2, -0.15) is 0 Å². The predicted octanol–water partition coefficient (Wildman–Crippen LogP) is 2.96. The lowest BCUT2D eigenvalue weighted by atomic mass is 10.1. The molecule has 0 bridgehead atoms. The monoisotopic (exact) mass is 357 g/mol. The summed E-state index contributed by atoms with van der Waals surface area (Å²) in [5, 5.41) is 1.77. The van der Waals surface area contributed by atoms with Crippen LogP contribution in [0.25, 0.3) is 0 Å². The highest BCUT2D eigenvalue weighted by molar-refractivity contribution is 9.10. The van der Waals surface area contributed by atoms with Gasteiger partial charge in [0.1, 0.15) is 4.21 Å². The first-order valence-electron chi connectivity index (χ1n) is 5.88. The van der Waals surface area contributed by atoms with Gasteiger partial charge in [0, 0.05) is 10.5 Å². The van der Waals surface area contributed by atoms with Crippen LogP contribution >= 0.6 is 27.3 Å². The summed E-state index contributed by atoms with van der Waals surface area (Å²) < 4.78 is 28.4. The first kappa shape index (κ1) is 13.3. The van der Waals surface area contributed by atoms with Gasteiger partial charge < -0.3 is 0 Å². The van der Waals surface area contributed by atoms with Crippen LogP contribution in [0.2, 0.25) is 0 Å². The van der Waals surface area contributed by atoms with E-state index in [9.17, 15) is 8.42 Å². The van der Waals surface area contributed by atoms with E-state index in [-0.39, 0.29) is 6.04 Å². The van der Waals surface area contributed by atoms with Crippen molar-refractivity contribution in [2.24, 2.45) is 0 Å². The summed E-state index contributed by atoms with van der Waals surface area (Å²) in [4.78, 5) is 0. The first-order chi connectivity index (χ1) is 9.06. The summed E-state index contributed by atoms with van der Waals surface area (Å²) in [7, 11) is -3.43. The Balaban J connectivity index is 1.80. The summed E-state index contributed by atoms with van der Waals surface area (Å²) in [5.74, 6) is 0. The fourth-order valence-corrected chi connectivity index (χ4v) is 5.98. The molecule has 1 aliphatic rings. The van der Waals surface area contributed by atoms with Crippen molar-refractivity contribution in [3.8, 4) is 0 Å². The molecule has 0 amide bonds. The molecule has 1 N–H and O–H groups in total. The van der Waals surface area contributed by atoms with Crippen LogP contribution in [0.3, 0.4) is 0 Å². The van der Waals surface area contributed by atoms with Crippen molar-refractivity contribution in [1.82, 2.24) is 4.72 Å². The van der Waals surface area contributed by atoms with Crippen molar-refractivity contribution < 1.29 is 8.42 Å². The Morgan fingerprint density at radius 2 is 1.79 bits per heavy atom. The zero-order valence-corrected chi connectivity index (χ0v) is 13.2. The number of hydrogen-bond acceptors (Lipinski definition) is 3. The van der Waals surface area contributed by atoms with Gasteiger partial charge in [0.25, 0.3) is 10.0 Å². The zero-order chi connectivity index (χ0) is 13.5. The van der Waals surface area contributed by atoms with Crippen LogP contribution in [0.1, 0.15) is 11.1 Å². The summed E-state index contributed by atoms with van der Waals surface area (Å²) >= 11 is 4.50. The fourth-order valence-electron chi connectivity index (χ4n) is 2.39. The van der Waals surface area contributed by atoms with Gasteiger partial charge in [0.2, 0.25) is 0 Å². The highest BCUT2D eigenvalue weighted by Gasteiger charge is 2.27. The molecule has 100 valence electrons. The van der Waals surface area contributed by atoms with Crippen LogP contribution < -0.4 is 4.72 Å². The third-order valence-corrected chi connectivity index (χ3v) is 7.39. The van der Waals surface area contributed by atoms with Gasteiger partial charge in [-0.25, -0.2) is 13.1 Å². The number of thiophene rings is 1. The second-order valence-electron chi connectivity index (χ2n) is 4.55. The minimum Gasteiger partial charge on any atom is -0.207 e. The molecule has 6 heteroatoms. The largest absolute Gasteiger partial charge is 0.251 e. The second kappa shape index (κ2) is 5.01. The van der Waals surface area contributed by atoms with Crippen molar-refractivity contribution >= 4 is 37.3 Å². The number of halogens is 1. The van der Waals surface area contributed by atoms with E-state index in [1.165, 1.54) is 22.5 Å². The third kappa shape index (κ3) is 2.63. The third-order valence-electron chi connectivity index (χ3n) is 3.20. The topological polar surface area (TPSA) is 46.2 Å². The van der Waals surface area contributed by atoms with E-state index in [4.69, 9.17) is 0 Å². The number of hydrogen-bond donors (Lipinski definition) is 1. The van der Waals surface area contributed by atoms with Crippen molar-refractivity contribution in [3.63, 3.8) is 0 Å². The second-order valence-corrected chi connectivity index (χ2v) is 8.23. The molecule has 3 rings (SSSR count). The minimum atomic E-state index is -3.43. The Morgan fingerprint density at radius 1 is 1.16 bits per heavy atom. The van der Waals surface area contributed by atoms with Gasteiger partial charge in [-0.1, -0.05) is 24.3 Å². The highest BCUT2D eigenvalue weighted by Crippen LogP contribution is 2.29. The lowest BCUT2D eigenvalue weighted by Crippen LogP contribution is -2.35. The molecule has 0 fully saturated rings. The quantitative estimate of drug-likeness (QED) is 0.917. The Morgan fingerprint density at radius 3 is 2.32 bits per heavy atom.